The smallest absolute Gasteiger partial charge is 0.244 e. The van der Waals surface area contributed by atoms with Gasteiger partial charge in [-0.15, -0.1) is 0 Å². The van der Waals surface area contributed by atoms with Crippen molar-refractivity contribution in [1.29, 1.82) is 5.26 Å². The topological polar surface area (TPSA) is 64.4 Å². The van der Waals surface area contributed by atoms with Crippen LogP contribution in [0.1, 0.15) is 12.0 Å². The fourth-order valence-corrected chi connectivity index (χ4v) is 6.19. The quantitative estimate of drug-likeness (QED) is 0.538. The standard InChI is InChI=1S/C18H15Br2F2N3O2S/c19-13-2-4-16(20)18(7-13)28(26,27)25(15-5-6-24(10-15)11-23)9-12-1-3-14(21)8-17(12)22/h1-4,7-8,15H,5-6,9-10H2. The first-order valence-corrected chi connectivity index (χ1v) is 11.3. The summed E-state index contributed by atoms with van der Waals surface area (Å²) >= 11 is 6.54. The van der Waals surface area contributed by atoms with Gasteiger partial charge in [0.25, 0.3) is 0 Å². The highest BCUT2D eigenvalue weighted by molar-refractivity contribution is 9.11. The molecule has 148 valence electrons. The van der Waals surface area contributed by atoms with E-state index in [0.29, 0.717) is 21.9 Å². The first-order chi connectivity index (χ1) is 13.2. The Morgan fingerprint density at radius 1 is 1.21 bits per heavy atom. The average Bonchev–Trinajstić information content (AvgIpc) is 3.11. The Morgan fingerprint density at radius 3 is 2.61 bits per heavy atom. The summed E-state index contributed by atoms with van der Waals surface area (Å²) in [7, 11) is -4.03. The number of nitrogens with zero attached hydrogens (tertiary/aromatic N) is 3. The van der Waals surface area contributed by atoms with Gasteiger partial charge in [-0.3, -0.25) is 0 Å². The number of rotatable bonds is 5. The third-order valence-corrected chi connectivity index (χ3v) is 7.92. The average molecular weight is 535 g/mol. The molecule has 0 saturated carbocycles. The number of nitriles is 1. The zero-order valence-corrected chi connectivity index (χ0v) is 18.4. The predicted molar refractivity (Wildman–Crippen MR) is 107 cm³/mol. The first kappa shape index (κ1) is 21.2. The largest absolute Gasteiger partial charge is 0.309 e. The van der Waals surface area contributed by atoms with Crippen LogP contribution in [-0.2, 0) is 16.6 Å². The summed E-state index contributed by atoms with van der Waals surface area (Å²) in [5, 5.41) is 9.12. The molecule has 28 heavy (non-hydrogen) atoms. The van der Waals surface area contributed by atoms with Crippen molar-refractivity contribution in [3.63, 3.8) is 0 Å². The molecular formula is C18H15Br2F2N3O2S. The lowest BCUT2D eigenvalue weighted by Crippen LogP contribution is -2.41. The van der Waals surface area contributed by atoms with Gasteiger partial charge in [0, 0.05) is 46.3 Å². The summed E-state index contributed by atoms with van der Waals surface area (Å²) in [6.07, 6.45) is 2.45. The van der Waals surface area contributed by atoms with Gasteiger partial charge >= 0.3 is 0 Å². The second-order valence-corrected chi connectivity index (χ2v) is 9.98. The van der Waals surface area contributed by atoms with Crippen LogP contribution >= 0.6 is 31.9 Å². The van der Waals surface area contributed by atoms with E-state index < -0.39 is 27.7 Å². The minimum atomic E-state index is -4.03. The first-order valence-electron chi connectivity index (χ1n) is 8.28. The van der Waals surface area contributed by atoms with E-state index in [1.54, 1.807) is 12.1 Å². The molecule has 1 heterocycles. The van der Waals surface area contributed by atoms with Crippen molar-refractivity contribution in [2.24, 2.45) is 0 Å². The maximum Gasteiger partial charge on any atom is 0.244 e. The predicted octanol–water partition coefficient (Wildman–Crippen LogP) is 4.24. The molecule has 3 rings (SSSR count). The van der Waals surface area contributed by atoms with Crippen molar-refractivity contribution in [3.05, 3.63) is 62.5 Å². The van der Waals surface area contributed by atoms with Gasteiger partial charge in [0.2, 0.25) is 10.0 Å². The second-order valence-electron chi connectivity index (χ2n) is 6.35. The van der Waals surface area contributed by atoms with Gasteiger partial charge in [-0.25, -0.2) is 17.2 Å². The maximum absolute atomic E-state index is 14.2. The van der Waals surface area contributed by atoms with Gasteiger partial charge < -0.3 is 4.90 Å². The minimum Gasteiger partial charge on any atom is -0.309 e. The third kappa shape index (κ3) is 4.38. The maximum atomic E-state index is 14.2. The molecule has 1 unspecified atom stereocenters. The van der Waals surface area contributed by atoms with E-state index in [9.17, 15) is 17.2 Å². The van der Waals surface area contributed by atoms with Crippen LogP contribution in [0.2, 0.25) is 0 Å². The molecule has 5 nitrogen and oxygen atoms in total. The lowest BCUT2D eigenvalue weighted by Gasteiger charge is -2.28. The Bertz CT molecular complexity index is 1040. The van der Waals surface area contributed by atoms with Gasteiger partial charge in [0.05, 0.1) is 4.90 Å². The van der Waals surface area contributed by atoms with Crippen molar-refractivity contribution in [1.82, 2.24) is 9.21 Å². The summed E-state index contributed by atoms with van der Waals surface area (Å²) in [6.45, 7) is 0.361. The highest BCUT2D eigenvalue weighted by Gasteiger charge is 2.37. The molecule has 1 aliphatic heterocycles. The molecule has 2 aromatic rings. The Morgan fingerprint density at radius 2 is 1.96 bits per heavy atom. The van der Waals surface area contributed by atoms with Crippen LogP contribution in [0.4, 0.5) is 8.78 Å². The van der Waals surface area contributed by atoms with Gasteiger partial charge in [-0.05, 0) is 46.6 Å². The van der Waals surface area contributed by atoms with Gasteiger partial charge in [-0.1, -0.05) is 22.0 Å². The molecular weight excluding hydrogens is 520 g/mol. The fraction of sp³-hybridized carbons (Fsp3) is 0.278. The van der Waals surface area contributed by atoms with E-state index in [1.165, 1.54) is 21.3 Å². The van der Waals surface area contributed by atoms with Crippen LogP contribution in [0.15, 0.2) is 50.2 Å². The molecule has 1 fully saturated rings. The van der Waals surface area contributed by atoms with E-state index in [1.807, 2.05) is 6.19 Å². The van der Waals surface area contributed by atoms with Crippen molar-refractivity contribution >= 4 is 41.9 Å². The van der Waals surface area contributed by atoms with Gasteiger partial charge in [0.1, 0.15) is 11.6 Å². The van der Waals surface area contributed by atoms with Crippen molar-refractivity contribution in [2.45, 2.75) is 23.9 Å². The van der Waals surface area contributed by atoms with Gasteiger partial charge in [-0.2, -0.15) is 9.57 Å². The lowest BCUT2D eigenvalue weighted by atomic mass is 10.2. The second kappa shape index (κ2) is 8.45. The molecule has 0 amide bonds. The molecule has 1 saturated heterocycles. The summed E-state index contributed by atoms with van der Waals surface area (Å²) in [4.78, 5) is 1.49. The SMILES string of the molecule is N#CN1CCC(N(Cc2ccc(F)cc2F)S(=O)(=O)c2cc(Br)ccc2Br)C1. The Hall–Kier alpha value is -1.54. The summed E-state index contributed by atoms with van der Waals surface area (Å²) in [5.74, 6) is -1.55. The molecule has 0 N–H and O–H groups in total. The van der Waals surface area contributed by atoms with Crippen LogP contribution < -0.4 is 0 Å². The van der Waals surface area contributed by atoms with E-state index in [-0.39, 0.29) is 23.5 Å². The summed E-state index contributed by atoms with van der Waals surface area (Å²) < 4.78 is 56.5. The molecule has 0 radical (unpaired) electrons. The zero-order chi connectivity index (χ0) is 20.5. The highest BCUT2D eigenvalue weighted by atomic mass is 79.9. The van der Waals surface area contributed by atoms with Crippen LogP contribution in [0.3, 0.4) is 0 Å². The number of hydrogen-bond donors (Lipinski definition) is 0. The third-order valence-electron chi connectivity index (χ3n) is 4.53. The number of hydrogen-bond acceptors (Lipinski definition) is 4. The molecule has 1 atom stereocenters. The van der Waals surface area contributed by atoms with E-state index in [0.717, 1.165) is 12.1 Å². The molecule has 1 aliphatic rings. The number of likely N-dealkylation sites (tertiary alicyclic amines) is 1. The number of halogens is 4. The van der Waals surface area contributed by atoms with Crippen molar-refractivity contribution < 1.29 is 17.2 Å². The number of benzene rings is 2. The molecule has 2 aromatic carbocycles. The summed E-state index contributed by atoms with van der Waals surface area (Å²) in [6, 6.07) is 7.30. The van der Waals surface area contributed by atoms with E-state index in [2.05, 4.69) is 31.9 Å². The van der Waals surface area contributed by atoms with Crippen LogP contribution in [0, 0.1) is 23.1 Å². The molecule has 0 bridgehead atoms. The summed E-state index contributed by atoms with van der Waals surface area (Å²) in [5.41, 5.74) is 0.0616. The molecule has 0 spiro atoms. The molecule has 10 heteroatoms. The molecule has 0 aliphatic carbocycles. The van der Waals surface area contributed by atoms with E-state index >= 15 is 0 Å². The van der Waals surface area contributed by atoms with E-state index in [4.69, 9.17) is 5.26 Å². The zero-order valence-electron chi connectivity index (χ0n) is 14.4. The van der Waals surface area contributed by atoms with Crippen LogP contribution in [-0.4, -0.2) is 36.8 Å². The van der Waals surface area contributed by atoms with Crippen LogP contribution in [0.25, 0.3) is 0 Å². The lowest BCUT2D eigenvalue weighted by molar-refractivity contribution is 0.310. The Kier molecular flexibility index (Phi) is 6.39. The van der Waals surface area contributed by atoms with Crippen molar-refractivity contribution in [3.8, 4) is 6.19 Å². The monoisotopic (exact) mass is 533 g/mol. The molecule has 0 aromatic heterocycles. The van der Waals surface area contributed by atoms with Crippen LogP contribution in [0.5, 0.6) is 0 Å². The minimum absolute atomic E-state index is 0.0276. The normalized spacial score (nSPS) is 17.1. The van der Waals surface area contributed by atoms with Crippen molar-refractivity contribution in [2.75, 3.05) is 13.1 Å². The fourth-order valence-electron chi connectivity index (χ4n) is 3.10. The van der Waals surface area contributed by atoms with Gasteiger partial charge in [0.15, 0.2) is 6.19 Å². The highest BCUT2D eigenvalue weighted by Crippen LogP contribution is 2.32. The Labute approximate surface area is 178 Å². The number of sulfonamides is 1. The Balaban J connectivity index is 2.05.